The molecule has 0 radical (unpaired) electrons. The number of hydrogen-bond donors (Lipinski definition) is 2. The van der Waals surface area contributed by atoms with E-state index in [-0.39, 0.29) is 24.0 Å². The first-order chi connectivity index (χ1) is 10.2. The summed E-state index contributed by atoms with van der Waals surface area (Å²) in [4.78, 5) is 0. The molecule has 4 N–H and O–H groups in total. The van der Waals surface area contributed by atoms with Gasteiger partial charge in [0.25, 0.3) is 0 Å². The minimum Gasteiger partial charge on any atom is -0.481 e. The van der Waals surface area contributed by atoms with Crippen LogP contribution in [0.25, 0.3) is 0 Å². The normalized spacial score (nSPS) is 11.5. The SMILES string of the molecule is C#CCOc1cccc(/C=N\N=C(/N)c2nonc2N)c1. The van der Waals surface area contributed by atoms with Crippen molar-refractivity contribution in [1.82, 2.24) is 10.3 Å². The predicted molar refractivity (Wildman–Crippen MR) is 77.8 cm³/mol. The standard InChI is InChI=1S/C13H12N6O2/c1-2-6-20-10-5-3-4-9(7-10)8-16-17-12(14)11-13(15)19-21-18-11/h1,3-5,7-8H,6H2,(H2,14,17)(H2,15,19)/b16-8-. The van der Waals surface area contributed by atoms with Gasteiger partial charge in [0.2, 0.25) is 0 Å². The molecule has 1 aromatic carbocycles. The van der Waals surface area contributed by atoms with E-state index in [0.29, 0.717) is 5.75 Å². The molecule has 0 atom stereocenters. The molecule has 0 saturated heterocycles. The van der Waals surface area contributed by atoms with E-state index in [1.54, 1.807) is 18.2 Å². The second-order valence-electron chi connectivity index (χ2n) is 3.79. The minimum atomic E-state index is 0.00439. The fraction of sp³-hybridized carbons (Fsp3) is 0.0769. The number of nitrogen functional groups attached to an aromatic ring is 1. The van der Waals surface area contributed by atoms with E-state index in [9.17, 15) is 0 Å². The molecular formula is C13H12N6O2. The van der Waals surface area contributed by atoms with Gasteiger partial charge in [0.15, 0.2) is 17.3 Å². The first-order valence-corrected chi connectivity index (χ1v) is 5.82. The Morgan fingerprint density at radius 3 is 3.05 bits per heavy atom. The van der Waals surface area contributed by atoms with E-state index in [1.807, 2.05) is 6.07 Å². The summed E-state index contributed by atoms with van der Waals surface area (Å²) in [6.07, 6.45) is 6.62. The van der Waals surface area contributed by atoms with Crippen LogP contribution < -0.4 is 16.2 Å². The molecule has 1 aromatic heterocycles. The lowest BCUT2D eigenvalue weighted by Gasteiger charge is -2.01. The number of hydrogen-bond acceptors (Lipinski definition) is 7. The first-order valence-electron chi connectivity index (χ1n) is 5.82. The minimum absolute atomic E-state index is 0.00439. The number of rotatable bonds is 5. The summed E-state index contributed by atoms with van der Waals surface area (Å²) in [6, 6.07) is 7.18. The molecule has 0 fully saturated rings. The molecule has 2 rings (SSSR count). The Labute approximate surface area is 120 Å². The molecule has 0 spiro atoms. The Morgan fingerprint density at radius 1 is 1.48 bits per heavy atom. The highest BCUT2D eigenvalue weighted by molar-refractivity contribution is 5.99. The van der Waals surface area contributed by atoms with Gasteiger partial charge in [0.05, 0.1) is 6.21 Å². The highest BCUT2D eigenvalue weighted by atomic mass is 16.6. The van der Waals surface area contributed by atoms with E-state index < -0.39 is 0 Å². The summed E-state index contributed by atoms with van der Waals surface area (Å²) >= 11 is 0. The van der Waals surface area contributed by atoms with Crippen molar-refractivity contribution in [3.05, 3.63) is 35.5 Å². The second-order valence-corrected chi connectivity index (χ2v) is 3.79. The van der Waals surface area contributed by atoms with E-state index in [1.165, 1.54) is 6.21 Å². The van der Waals surface area contributed by atoms with E-state index in [0.717, 1.165) is 5.56 Å². The number of benzene rings is 1. The molecule has 0 saturated carbocycles. The molecule has 21 heavy (non-hydrogen) atoms. The van der Waals surface area contributed by atoms with Gasteiger partial charge in [0, 0.05) is 0 Å². The molecule has 0 amide bonds. The van der Waals surface area contributed by atoms with Gasteiger partial charge < -0.3 is 16.2 Å². The van der Waals surface area contributed by atoms with Crippen molar-refractivity contribution in [2.45, 2.75) is 0 Å². The molecule has 0 aliphatic heterocycles. The zero-order valence-electron chi connectivity index (χ0n) is 10.9. The average molecular weight is 284 g/mol. The number of anilines is 1. The lowest BCUT2D eigenvalue weighted by atomic mass is 10.2. The molecule has 8 nitrogen and oxygen atoms in total. The van der Waals surface area contributed by atoms with Crippen LogP contribution in [0.4, 0.5) is 5.82 Å². The summed E-state index contributed by atoms with van der Waals surface area (Å²) < 4.78 is 9.71. The van der Waals surface area contributed by atoms with Gasteiger partial charge in [-0.2, -0.15) is 5.10 Å². The smallest absolute Gasteiger partial charge is 0.199 e. The van der Waals surface area contributed by atoms with Gasteiger partial charge in [-0.3, -0.25) is 0 Å². The van der Waals surface area contributed by atoms with Crippen LogP contribution in [0.2, 0.25) is 0 Å². The van der Waals surface area contributed by atoms with Crippen molar-refractivity contribution < 1.29 is 9.37 Å². The maximum Gasteiger partial charge on any atom is 0.199 e. The van der Waals surface area contributed by atoms with Crippen molar-refractivity contribution >= 4 is 17.9 Å². The van der Waals surface area contributed by atoms with Crippen LogP contribution in [-0.4, -0.2) is 29.0 Å². The predicted octanol–water partition coefficient (Wildman–Crippen LogP) is 0.403. The molecule has 1 heterocycles. The van der Waals surface area contributed by atoms with E-state index in [4.69, 9.17) is 22.6 Å². The summed E-state index contributed by atoms with van der Waals surface area (Å²) in [6.45, 7) is 0.199. The molecule has 0 aliphatic rings. The van der Waals surface area contributed by atoms with Gasteiger partial charge in [-0.1, -0.05) is 18.1 Å². The van der Waals surface area contributed by atoms with Crippen molar-refractivity contribution in [2.24, 2.45) is 15.9 Å². The zero-order valence-corrected chi connectivity index (χ0v) is 10.9. The van der Waals surface area contributed by atoms with Gasteiger partial charge in [-0.05, 0) is 28.0 Å². The van der Waals surface area contributed by atoms with Gasteiger partial charge in [-0.25, -0.2) is 4.63 Å². The molecule has 2 aromatic rings. The maximum absolute atomic E-state index is 5.65. The highest BCUT2D eigenvalue weighted by Gasteiger charge is 2.09. The largest absolute Gasteiger partial charge is 0.481 e. The Bertz CT molecular complexity index is 713. The van der Waals surface area contributed by atoms with Crippen molar-refractivity contribution in [1.29, 1.82) is 0 Å². The molecule has 0 bridgehead atoms. The lowest BCUT2D eigenvalue weighted by molar-refractivity contribution is 0.308. The Kier molecular flexibility index (Phi) is 4.50. The molecule has 0 aliphatic carbocycles. The quantitative estimate of drug-likeness (QED) is 0.354. The summed E-state index contributed by atoms with van der Waals surface area (Å²) in [5.41, 5.74) is 12.0. The Hall–Kier alpha value is -3.34. The van der Waals surface area contributed by atoms with Gasteiger partial charge in [0.1, 0.15) is 12.4 Å². The van der Waals surface area contributed by atoms with Crippen molar-refractivity contribution in [3.63, 3.8) is 0 Å². The molecular weight excluding hydrogens is 272 g/mol. The number of ether oxygens (including phenoxy) is 1. The van der Waals surface area contributed by atoms with Crippen LogP contribution >= 0.6 is 0 Å². The van der Waals surface area contributed by atoms with Crippen LogP contribution in [-0.2, 0) is 0 Å². The summed E-state index contributed by atoms with van der Waals surface area (Å²) in [7, 11) is 0. The average Bonchev–Trinajstić information content (AvgIpc) is 2.92. The van der Waals surface area contributed by atoms with E-state index in [2.05, 4.69) is 31.1 Å². The van der Waals surface area contributed by atoms with Crippen LogP contribution in [0, 0.1) is 12.3 Å². The van der Waals surface area contributed by atoms with Crippen molar-refractivity contribution in [3.8, 4) is 18.1 Å². The Balaban J connectivity index is 2.08. The number of aromatic nitrogens is 2. The zero-order chi connectivity index (χ0) is 15.1. The third-order valence-electron chi connectivity index (χ3n) is 2.31. The lowest BCUT2D eigenvalue weighted by Crippen LogP contribution is -2.15. The van der Waals surface area contributed by atoms with Gasteiger partial charge in [-0.15, -0.1) is 11.5 Å². The monoisotopic (exact) mass is 284 g/mol. The third-order valence-corrected chi connectivity index (χ3v) is 2.31. The summed E-state index contributed by atoms with van der Waals surface area (Å²) in [5, 5.41) is 14.5. The van der Waals surface area contributed by atoms with Gasteiger partial charge >= 0.3 is 0 Å². The fourth-order valence-corrected chi connectivity index (χ4v) is 1.39. The van der Waals surface area contributed by atoms with Crippen LogP contribution in [0.3, 0.4) is 0 Å². The Morgan fingerprint density at radius 2 is 2.33 bits per heavy atom. The number of nitrogens with zero attached hydrogens (tertiary/aromatic N) is 4. The number of amidine groups is 1. The topological polar surface area (TPSA) is 125 Å². The van der Waals surface area contributed by atoms with E-state index >= 15 is 0 Å². The number of nitrogens with two attached hydrogens (primary N) is 2. The fourth-order valence-electron chi connectivity index (χ4n) is 1.39. The van der Waals surface area contributed by atoms with Crippen LogP contribution in [0.1, 0.15) is 11.3 Å². The van der Waals surface area contributed by atoms with Crippen LogP contribution in [0.15, 0.2) is 39.1 Å². The first kappa shape index (κ1) is 14.1. The highest BCUT2D eigenvalue weighted by Crippen LogP contribution is 2.11. The number of terminal acetylenes is 1. The molecule has 106 valence electrons. The maximum atomic E-state index is 5.65. The van der Waals surface area contributed by atoms with Crippen molar-refractivity contribution in [2.75, 3.05) is 12.3 Å². The van der Waals surface area contributed by atoms with Crippen LogP contribution in [0.5, 0.6) is 5.75 Å². The molecule has 8 heteroatoms. The third kappa shape index (κ3) is 3.81. The summed E-state index contributed by atoms with van der Waals surface area (Å²) in [5.74, 6) is 3.08. The second kappa shape index (κ2) is 6.72. The molecule has 0 unspecified atom stereocenters.